The van der Waals surface area contributed by atoms with Crippen LogP contribution in [0.15, 0.2) is 28.8 Å². The van der Waals surface area contributed by atoms with Crippen molar-refractivity contribution in [1.29, 1.82) is 0 Å². The van der Waals surface area contributed by atoms with Gasteiger partial charge in [0, 0.05) is 25.1 Å². The predicted octanol–water partition coefficient (Wildman–Crippen LogP) is 2.13. The summed E-state index contributed by atoms with van der Waals surface area (Å²) >= 11 is 0. The Kier molecular flexibility index (Phi) is 2.22. The zero-order valence-electron chi connectivity index (χ0n) is 8.66. The molecule has 1 aromatic carbocycles. The van der Waals surface area contributed by atoms with E-state index in [2.05, 4.69) is 10.5 Å². The molecular weight excluding hydrogens is 207 g/mol. The van der Waals surface area contributed by atoms with E-state index in [4.69, 9.17) is 4.52 Å². The maximum absolute atomic E-state index is 13.6. The monoisotopic (exact) mass is 218 g/mol. The molecule has 0 aliphatic carbocycles. The second kappa shape index (κ2) is 3.72. The maximum Gasteiger partial charge on any atom is 0.174 e. The molecular formula is C12H11FN2O. The predicted molar refractivity (Wildman–Crippen MR) is 57.3 cm³/mol. The first-order valence-corrected chi connectivity index (χ1v) is 5.29. The minimum atomic E-state index is -0.271. The van der Waals surface area contributed by atoms with Gasteiger partial charge in [-0.25, -0.2) is 4.39 Å². The van der Waals surface area contributed by atoms with E-state index in [0.717, 1.165) is 24.2 Å². The fourth-order valence-electron chi connectivity index (χ4n) is 2.00. The van der Waals surface area contributed by atoms with Gasteiger partial charge in [-0.2, -0.15) is 0 Å². The van der Waals surface area contributed by atoms with Crippen molar-refractivity contribution < 1.29 is 8.91 Å². The van der Waals surface area contributed by atoms with Crippen molar-refractivity contribution in [2.75, 3.05) is 6.54 Å². The number of rotatable bonds is 1. The zero-order chi connectivity index (χ0) is 11.0. The summed E-state index contributed by atoms with van der Waals surface area (Å²) in [4.78, 5) is 0. The van der Waals surface area contributed by atoms with E-state index in [9.17, 15) is 4.39 Å². The standard InChI is InChI=1S/C12H11FN2O/c13-10-4-2-1-3-8(10)12-9-7-14-6-5-11(9)15-16-12/h1-4,14H,5-7H2. The van der Waals surface area contributed by atoms with Crippen molar-refractivity contribution in [3.05, 3.63) is 41.3 Å². The number of aromatic nitrogens is 1. The van der Waals surface area contributed by atoms with Gasteiger partial charge in [0.1, 0.15) is 5.82 Å². The summed E-state index contributed by atoms with van der Waals surface area (Å²) in [6.07, 6.45) is 0.841. The molecule has 2 heterocycles. The molecule has 0 atom stereocenters. The lowest BCUT2D eigenvalue weighted by Gasteiger charge is -2.11. The van der Waals surface area contributed by atoms with Gasteiger partial charge < -0.3 is 9.84 Å². The van der Waals surface area contributed by atoms with E-state index >= 15 is 0 Å². The van der Waals surface area contributed by atoms with Crippen molar-refractivity contribution in [2.45, 2.75) is 13.0 Å². The summed E-state index contributed by atoms with van der Waals surface area (Å²) in [7, 11) is 0. The number of halogens is 1. The molecule has 0 fully saturated rings. The number of benzene rings is 1. The van der Waals surface area contributed by atoms with Gasteiger partial charge in [-0.1, -0.05) is 17.3 Å². The van der Waals surface area contributed by atoms with Crippen LogP contribution in [0.5, 0.6) is 0 Å². The Morgan fingerprint density at radius 2 is 2.19 bits per heavy atom. The summed E-state index contributed by atoms with van der Waals surface area (Å²) < 4.78 is 18.9. The smallest absolute Gasteiger partial charge is 0.174 e. The van der Waals surface area contributed by atoms with Gasteiger partial charge in [-0.15, -0.1) is 0 Å². The first-order chi connectivity index (χ1) is 7.86. The SMILES string of the molecule is Fc1ccccc1-c1onc2c1CNCC2. The van der Waals surface area contributed by atoms with E-state index < -0.39 is 0 Å². The minimum absolute atomic E-state index is 0.271. The highest BCUT2D eigenvalue weighted by molar-refractivity contribution is 5.62. The van der Waals surface area contributed by atoms with Gasteiger partial charge in [0.2, 0.25) is 0 Å². The lowest BCUT2D eigenvalue weighted by Crippen LogP contribution is -2.23. The van der Waals surface area contributed by atoms with Crippen LogP contribution in [-0.4, -0.2) is 11.7 Å². The summed E-state index contributed by atoms with van der Waals surface area (Å²) in [5.74, 6) is 0.285. The van der Waals surface area contributed by atoms with E-state index in [0.29, 0.717) is 17.9 Å². The van der Waals surface area contributed by atoms with Crippen LogP contribution in [-0.2, 0) is 13.0 Å². The van der Waals surface area contributed by atoms with Crippen LogP contribution in [0.1, 0.15) is 11.3 Å². The summed E-state index contributed by atoms with van der Waals surface area (Å²) in [5, 5.41) is 7.23. The highest BCUT2D eigenvalue weighted by atomic mass is 19.1. The minimum Gasteiger partial charge on any atom is -0.356 e. The summed E-state index contributed by atoms with van der Waals surface area (Å²) in [6, 6.07) is 6.61. The molecule has 0 amide bonds. The van der Waals surface area contributed by atoms with Crippen molar-refractivity contribution in [3.63, 3.8) is 0 Å². The average molecular weight is 218 g/mol. The molecule has 4 heteroatoms. The van der Waals surface area contributed by atoms with Gasteiger partial charge in [0.05, 0.1) is 11.3 Å². The molecule has 0 saturated carbocycles. The van der Waals surface area contributed by atoms with Crippen LogP contribution < -0.4 is 5.32 Å². The largest absolute Gasteiger partial charge is 0.356 e. The number of hydrogen-bond acceptors (Lipinski definition) is 3. The third-order valence-electron chi connectivity index (χ3n) is 2.83. The fourth-order valence-corrected chi connectivity index (χ4v) is 2.00. The van der Waals surface area contributed by atoms with Crippen LogP contribution in [0.25, 0.3) is 11.3 Å². The van der Waals surface area contributed by atoms with Crippen molar-refractivity contribution in [2.24, 2.45) is 0 Å². The van der Waals surface area contributed by atoms with Crippen LogP contribution in [0.2, 0.25) is 0 Å². The van der Waals surface area contributed by atoms with Gasteiger partial charge in [-0.3, -0.25) is 0 Å². The molecule has 1 aliphatic heterocycles. The Morgan fingerprint density at radius 3 is 3.06 bits per heavy atom. The van der Waals surface area contributed by atoms with Crippen LogP contribution >= 0.6 is 0 Å². The Hall–Kier alpha value is -1.68. The van der Waals surface area contributed by atoms with Gasteiger partial charge in [-0.05, 0) is 12.1 Å². The van der Waals surface area contributed by atoms with E-state index in [-0.39, 0.29) is 5.82 Å². The molecule has 0 unspecified atom stereocenters. The van der Waals surface area contributed by atoms with Crippen molar-refractivity contribution in [3.8, 4) is 11.3 Å². The Morgan fingerprint density at radius 1 is 1.31 bits per heavy atom. The Balaban J connectivity index is 2.13. The third kappa shape index (κ3) is 1.42. The number of nitrogens with zero attached hydrogens (tertiary/aromatic N) is 1. The lowest BCUT2D eigenvalue weighted by molar-refractivity contribution is 0.421. The molecule has 0 spiro atoms. The van der Waals surface area contributed by atoms with Crippen LogP contribution in [0.4, 0.5) is 4.39 Å². The normalized spacial score (nSPS) is 14.8. The molecule has 0 bridgehead atoms. The van der Waals surface area contributed by atoms with Gasteiger partial charge in [0.15, 0.2) is 5.76 Å². The molecule has 1 N–H and O–H groups in total. The molecule has 3 nitrogen and oxygen atoms in total. The highest BCUT2D eigenvalue weighted by Gasteiger charge is 2.21. The van der Waals surface area contributed by atoms with E-state index in [1.54, 1.807) is 18.2 Å². The van der Waals surface area contributed by atoms with E-state index in [1.807, 2.05) is 0 Å². The lowest BCUT2D eigenvalue weighted by atomic mass is 10.0. The van der Waals surface area contributed by atoms with Crippen LogP contribution in [0.3, 0.4) is 0 Å². The molecule has 0 radical (unpaired) electrons. The number of fused-ring (bicyclic) bond motifs is 1. The number of hydrogen-bond donors (Lipinski definition) is 1. The second-order valence-electron chi connectivity index (χ2n) is 3.84. The van der Waals surface area contributed by atoms with E-state index in [1.165, 1.54) is 6.07 Å². The third-order valence-corrected chi connectivity index (χ3v) is 2.83. The topological polar surface area (TPSA) is 38.1 Å². The fraction of sp³-hybridized carbons (Fsp3) is 0.250. The van der Waals surface area contributed by atoms with Crippen molar-refractivity contribution in [1.82, 2.24) is 10.5 Å². The molecule has 0 saturated heterocycles. The molecule has 82 valence electrons. The van der Waals surface area contributed by atoms with Crippen molar-refractivity contribution >= 4 is 0 Å². The molecule has 1 aromatic heterocycles. The maximum atomic E-state index is 13.6. The first-order valence-electron chi connectivity index (χ1n) is 5.29. The molecule has 2 aromatic rings. The Labute approximate surface area is 92.3 Å². The van der Waals surface area contributed by atoms with Gasteiger partial charge in [0.25, 0.3) is 0 Å². The highest BCUT2D eigenvalue weighted by Crippen LogP contribution is 2.29. The average Bonchev–Trinajstić information content (AvgIpc) is 2.74. The second-order valence-corrected chi connectivity index (χ2v) is 3.84. The summed E-state index contributed by atoms with van der Waals surface area (Å²) in [5.41, 5.74) is 2.41. The molecule has 16 heavy (non-hydrogen) atoms. The molecule has 3 rings (SSSR count). The zero-order valence-corrected chi connectivity index (χ0v) is 8.66. The van der Waals surface area contributed by atoms with Crippen LogP contribution in [0, 0.1) is 5.82 Å². The summed E-state index contributed by atoms with van der Waals surface area (Å²) in [6.45, 7) is 1.60. The van der Waals surface area contributed by atoms with Gasteiger partial charge >= 0.3 is 0 Å². The quantitative estimate of drug-likeness (QED) is 0.796. The Bertz CT molecular complexity index is 521. The molecule has 1 aliphatic rings. The number of nitrogens with one attached hydrogen (secondary N) is 1. The first kappa shape index (κ1) is 9.54.